The third-order valence-electron chi connectivity index (χ3n) is 1.24. The zero-order valence-corrected chi connectivity index (χ0v) is 5.65. The topological polar surface area (TPSA) is 27.1 Å². The Morgan fingerprint density at radius 3 is 2.00 bits per heavy atom. The summed E-state index contributed by atoms with van der Waals surface area (Å²) < 4.78 is 0. The zero-order chi connectivity index (χ0) is 6.41. The van der Waals surface area contributed by atoms with Crippen molar-refractivity contribution in [2.24, 2.45) is 0 Å². The van der Waals surface area contributed by atoms with E-state index in [0.29, 0.717) is 0 Å². The fraction of sp³-hybridized carbons (Fsp3) is 0.833. The zero-order valence-electron chi connectivity index (χ0n) is 5.65. The van der Waals surface area contributed by atoms with Crippen LogP contribution >= 0.6 is 0 Å². The molecule has 0 spiro atoms. The summed E-state index contributed by atoms with van der Waals surface area (Å²) >= 11 is 0. The van der Waals surface area contributed by atoms with E-state index in [4.69, 9.17) is 5.41 Å². The van der Waals surface area contributed by atoms with Crippen molar-refractivity contribution in [2.45, 2.75) is 13.8 Å². The summed E-state index contributed by atoms with van der Waals surface area (Å²) in [6.07, 6.45) is 1.44. The molecule has 0 saturated carbocycles. The molecule has 0 saturated heterocycles. The quantitative estimate of drug-likeness (QED) is 0.542. The molecule has 0 radical (unpaired) electrons. The number of hydrogen-bond donors (Lipinski definition) is 1. The Kier molecular flexibility index (Phi) is 4.56. The van der Waals surface area contributed by atoms with Crippen molar-refractivity contribution in [1.29, 1.82) is 5.41 Å². The number of nitrogens with one attached hydrogen (secondary N) is 1. The summed E-state index contributed by atoms with van der Waals surface area (Å²) in [6.45, 7) is 7.10. The second-order valence-electron chi connectivity index (χ2n) is 1.69. The summed E-state index contributed by atoms with van der Waals surface area (Å²) in [5.41, 5.74) is 0. The van der Waals surface area contributed by atoms with E-state index in [1.54, 1.807) is 0 Å². The van der Waals surface area contributed by atoms with Gasteiger partial charge in [-0.05, 0) is 13.1 Å². The molecule has 0 aromatic rings. The van der Waals surface area contributed by atoms with Crippen LogP contribution in [-0.2, 0) is 0 Å². The molecule has 0 atom stereocenters. The number of hydrogen-bond acceptors (Lipinski definition) is 2. The van der Waals surface area contributed by atoms with E-state index in [1.807, 2.05) is 0 Å². The highest BCUT2D eigenvalue weighted by Gasteiger charge is 1.91. The molecule has 48 valence electrons. The van der Waals surface area contributed by atoms with Gasteiger partial charge in [-0.15, -0.1) is 0 Å². The minimum Gasteiger partial charge on any atom is -0.312 e. The Hall–Kier alpha value is -0.370. The van der Waals surface area contributed by atoms with Crippen molar-refractivity contribution >= 4 is 6.21 Å². The highest BCUT2D eigenvalue weighted by atomic mass is 15.1. The third-order valence-corrected chi connectivity index (χ3v) is 1.24. The van der Waals surface area contributed by atoms with Gasteiger partial charge in [0.1, 0.15) is 0 Å². The minimum atomic E-state index is 0.799. The maximum absolute atomic E-state index is 6.77. The summed E-state index contributed by atoms with van der Waals surface area (Å²) in [6, 6.07) is 0. The largest absolute Gasteiger partial charge is 0.312 e. The van der Waals surface area contributed by atoms with Crippen LogP contribution in [0.25, 0.3) is 0 Å². The molecule has 0 unspecified atom stereocenters. The van der Waals surface area contributed by atoms with Gasteiger partial charge in [-0.25, -0.2) is 0 Å². The van der Waals surface area contributed by atoms with Gasteiger partial charge in [0.2, 0.25) is 0 Å². The van der Waals surface area contributed by atoms with Gasteiger partial charge in [0.05, 0.1) is 0 Å². The van der Waals surface area contributed by atoms with E-state index >= 15 is 0 Å². The molecule has 0 aliphatic carbocycles. The van der Waals surface area contributed by atoms with Gasteiger partial charge in [-0.2, -0.15) is 0 Å². The van der Waals surface area contributed by atoms with Crippen LogP contribution in [0.3, 0.4) is 0 Å². The van der Waals surface area contributed by atoms with Crippen molar-refractivity contribution in [3.05, 3.63) is 0 Å². The van der Waals surface area contributed by atoms with E-state index in [1.165, 1.54) is 6.21 Å². The maximum atomic E-state index is 6.77. The molecule has 0 amide bonds. The highest BCUT2D eigenvalue weighted by Crippen LogP contribution is 1.80. The van der Waals surface area contributed by atoms with Crippen molar-refractivity contribution in [3.63, 3.8) is 0 Å². The van der Waals surface area contributed by atoms with E-state index in [-0.39, 0.29) is 0 Å². The van der Waals surface area contributed by atoms with Gasteiger partial charge < -0.3 is 5.41 Å². The van der Waals surface area contributed by atoms with E-state index in [2.05, 4.69) is 18.7 Å². The standard InChI is InChI=1S/C6H14N2/c1-3-8(4-2)6-5-7/h5,7H,3-4,6H2,1-2H3. The lowest BCUT2D eigenvalue weighted by atomic mass is 10.5. The van der Waals surface area contributed by atoms with Gasteiger partial charge >= 0.3 is 0 Å². The van der Waals surface area contributed by atoms with Crippen LogP contribution in [0.15, 0.2) is 0 Å². The monoisotopic (exact) mass is 114 g/mol. The normalized spacial score (nSPS) is 9.88. The molecule has 2 heteroatoms. The molecule has 0 aromatic heterocycles. The molecule has 0 aliphatic rings. The first-order valence-corrected chi connectivity index (χ1v) is 3.06. The third kappa shape index (κ3) is 2.75. The Morgan fingerprint density at radius 1 is 1.38 bits per heavy atom. The van der Waals surface area contributed by atoms with Crippen LogP contribution < -0.4 is 0 Å². The van der Waals surface area contributed by atoms with Gasteiger partial charge in [-0.3, -0.25) is 4.90 Å². The van der Waals surface area contributed by atoms with Crippen LogP contribution in [0.4, 0.5) is 0 Å². The lowest BCUT2D eigenvalue weighted by Crippen LogP contribution is -2.24. The summed E-state index contributed by atoms with van der Waals surface area (Å²) in [5.74, 6) is 0. The maximum Gasteiger partial charge on any atom is 0.0330 e. The van der Waals surface area contributed by atoms with E-state index < -0.39 is 0 Å². The average molecular weight is 114 g/mol. The fourth-order valence-electron chi connectivity index (χ4n) is 0.611. The summed E-state index contributed by atoms with van der Waals surface area (Å²) in [5, 5.41) is 6.77. The van der Waals surface area contributed by atoms with Gasteiger partial charge in [-0.1, -0.05) is 13.8 Å². The first kappa shape index (κ1) is 7.63. The molecular formula is C6H14N2. The van der Waals surface area contributed by atoms with Crippen molar-refractivity contribution in [1.82, 2.24) is 4.90 Å². The summed E-state index contributed by atoms with van der Waals surface area (Å²) in [7, 11) is 0. The number of nitrogens with zero attached hydrogens (tertiary/aromatic N) is 1. The average Bonchev–Trinajstić information content (AvgIpc) is 1.83. The van der Waals surface area contributed by atoms with Crippen LogP contribution in [0, 0.1) is 5.41 Å². The fourth-order valence-corrected chi connectivity index (χ4v) is 0.611. The van der Waals surface area contributed by atoms with Gasteiger partial charge in [0.25, 0.3) is 0 Å². The molecule has 1 N–H and O–H groups in total. The van der Waals surface area contributed by atoms with Gasteiger partial charge in [0.15, 0.2) is 0 Å². The van der Waals surface area contributed by atoms with Crippen LogP contribution in [0.1, 0.15) is 13.8 Å². The SMILES string of the molecule is CCN(CC)CC=N. The Balaban J connectivity index is 3.20. The Bertz CT molecular complexity index is 57.5. The molecule has 0 bridgehead atoms. The molecule has 0 aliphatic heterocycles. The first-order chi connectivity index (χ1) is 3.85. The van der Waals surface area contributed by atoms with Crippen LogP contribution in [0.2, 0.25) is 0 Å². The van der Waals surface area contributed by atoms with E-state index in [9.17, 15) is 0 Å². The summed E-state index contributed by atoms with van der Waals surface area (Å²) in [4.78, 5) is 2.19. The predicted molar refractivity (Wildman–Crippen MR) is 36.6 cm³/mol. The molecule has 2 nitrogen and oxygen atoms in total. The smallest absolute Gasteiger partial charge is 0.0330 e. The molecule has 0 rings (SSSR count). The molecule has 0 aromatic carbocycles. The molecule has 8 heavy (non-hydrogen) atoms. The molecule has 0 heterocycles. The second kappa shape index (κ2) is 4.78. The minimum absolute atomic E-state index is 0.799. The Morgan fingerprint density at radius 2 is 1.88 bits per heavy atom. The Labute approximate surface area is 51.0 Å². The van der Waals surface area contributed by atoms with Gasteiger partial charge in [0, 0.05) is 12.8 Å². The number of rotatable bonds is 4. The molecule has 0 fully saturated rings. The van der Waals surface area contributed by atoms with Crippen LogP contribution in [0.5, 0.6) is 0 Å². The highest BCUT2D eigenvalue weighted by molar-refractivity contribution is 5.55. The van der Waals surface area contributed by atoms with Crippen molar-refractivity contribution in [3.8, 4) is 0 Å². The lowest BCUT2D eigenvalue weighted by Gasteiger charge is -2.13. The lowest BCUT2D eigenvalue weighted by molar-refractivity contribution is 0.349. The first-order valence-electron chi connectivity index (χ1n) is 3.06. The van der Waals surface area contributed by atoms with Crippen molar-refractivity contribution < 1.29 is 0 Å². The van der Waals surface area contributed by atoms with Crippen LogP contribution in [-0.4, -0.2) is 30.7 Å². The predicted octanol–water partition coefficient (Wildman–Crippen LogP) is 0.978. The van der Waals surface area contributed by atoms with Crippen molar-refractivity contribution in [2.75, 3.05) is 19.6 Å². The second-order valence-corrected chi connectivity index (χ2v) is 1.69. The molecular weight excluding hydrogens is 100 g/mol. The van der Waals surface area contributed by atoms with E-state index in [0.717, 1.165) is 19.6 Å².